The summed E-state index contributed by atoms with van der Waals surface area (Å²) in [5.41, 5.74) is 0. The molecule has 1 heterocycles. The van der Waals surface area contributed by atoms with Crippen molar-refractivity contribution in [1.29, 1.82) is 0 Å². The van der Waals surface area contributed by atoms with Crippen molar-refractivity contribution in [3.8, 4) is 0 Å². The molecule has 0 aliphatic rings. The SMILES string of the molecule is CC(C)N(CC(F)(F)F)C(=O)c1cc(S)cs1. The molecule has 96 valence electrons. The molecule has 1 aromatic rings. The lowest BCUT2D eigenvalue weighted by Gasteiger charge is -2.27. The lowest BCUT2D eigenvalue weighted by Crippen LogP contribution is -2.43. The van der Waals surface area contributed by atoms with Crippen LogP contribution in [0.15, 0.2) is 16.3 Å². The van der Waals surface area contributed by atoms with Crippen LogP contribution in [0.25, 0.3) is 0 Å². The van der Waals surface area contributed by atoms with Gasteiger partial charge in [-0.1, -0.05) is 0 Å². The molecule has 7 heteroatoms. The van der Waals surface area contributed by atoms with E-state index in [0.717, 1.165) is 16.2 Å². The number of alkyl halides is 3. The molecule has 0 spiro atoms. The Kier molecular flexibility index (Phi) is 4.48. The fourth-order valence-electron chi connectivity index (χ4n) is 1.26. The fraction of sp³-hybridized carbons (Fsp3) is 0.500. The van der Waals surface area contributed by atoms with Crippen molar-refractivity contribution in [3.05, 3.63) is 16.3 Å². The zero-order valence-electron chi connectivity index (χ0n) is 9.28. The number of carbonyl (C=O) groups excluding carboxylic acids is 1. The van der Waals surface area contributed by atoms with E-state index in [9.17, 15) is 18.0 Å². The Morgan fingerprint density at radius 1 is 1.53 bits per heavy atom. The monoisotopic (exact) mass is 283 g/mol. The molecule has 0 bridgehead atoms. The van der Waals surface area contributed by atoms with Crippen molar-refractivity contribution in [2.75, 3.05) is 6.54 Å². The average Bonchev–Trinajstić information content (AvgIpc) is 2.58. The third kappa shape index (κ3) is 4.23. The maximum Gasteiger partial charge on any atom is 0.406 e. The first-order valence-corrected chi connectivity index (χ1v) is 6.18. The van der Waals surface area contributed by atoms with E-state index in [0.29, 0.717) is 4.90 Å². The second kappa shape index (κ2) is 5.30. The smallest absolute Gasteiger partial charge is 0.326 e. The first kappa shape index (κ1) is 14.4. The number of nitrogens with zero attached hydrogens (tertiary/aromatic N) is 1. The minimum absolute atomic E-state index is 0.271. The second-order valence-corrected chi connectivity index (χ2v) is 5.24. The largest absolute Gasteiger partial charge is 0.406 e. The molecule has 0 radical (unpaired) electrons. The summed E-state index contributed by atoms with van der Waals surface area (Å²) >= 11 is 5.12. The highest BCUT2D eigenvalue weighted by atomic mass is 32.1. The van der Waals surface area contributed by atoms with Crippen molar-refractivity contribution in [1.82, 2.24) is 4.90 Å². The summed E-state index contributed by atoms with van der Waals surface area (Å²) in [4.78, 5) is 13.5. The molecular formula is C10H12F3NOS2. The molecule has 0 saturated carbocycles. The van der Waals surface area contributed by atoms with Gasteiger partial charge in [0.1, 0.15) is 6.54 Å². The van der Waals surface area contributed by atoms with Crippen LogP contribution >= 0.6 is 24.0 Å². The van der Waals surface area contributed by atoms with Crippen LogP contribution in [0.5, 0.6) is 0 Å². The van der Waals surface area contributed by atoms with Crippen LogP contribution in [0.4, 0.5) is 13.2 Å². The van der Waals surface area contributed by atoms with E-state index >= 15 is 0 Å². The first-order chi connectivity index (χ1) is 7.70. The number of thiol groups is 1. The Hall–Kier alpha value is -0.690. The second-order valence-electron chi connectivity index (χ2n) is 3.81. The van der Waals surface area contributed by atoms with Gasteiger partial charge in [-0.05, 0) is 19.9 Å². The molecule has 0 aliphatic carbocycles. The van der Waals surface area contributed by atoms with Crippen LogP contribution in [0.3, 0.4) is 0 Å². The highest BCUT2D eigenvalue weighted by molar-refractivity contribution is 7.80. The Morgan fingerprint density at radius 2 is 2.12 bits per heavy atom. The summed E-state index contributed by atoms with van der Waals surface area (Å²) in [5.74, 6) is -0.609. The predicted octanol–water partition coefficient (Wildman–Crippen LogP) is 3.45. The molecule has 0 saturated heterocycles. The molecule has 2 nitrogen and oxygen atoms in total. The van der Waals surface area contributed by atoms with E-state index in [1.165, 1.54) is 6.07 Å². The number of hydrogen-bond acceptors (Lipinski definition) is 3. The van der Waals surface area contributed by atoms with Crippen LogP contribution in [0.1, 0.15) is 23.5 Å². The number of halogens is 3. The summed E-state index contributed by atoms with van der Waals surface area (Å²) in [5, 5.41) is 1.61. The van der Waals surface area contributed by atoms with E-state index in [-0.39, 0.29) is 4.88 Å². The lowest BCUT2D eigenvalue weighted by molar-refractivity contribution is -0.143. The molecule has 1 rings (SSSR count). The Balaban J connectivity index is 2.88. The van der Waals surface area contributed by atoms with Gasteiger partial charge in [0, 0.05) is 16.3 Å². The molecule has 0 aromatic carbocycles. The van der Waals surface area contributed by atoms with Crippen molar-refractivity contribution in [2.45, 2.75) is 31.0 Å². The Labute approximate surface area is 107 Å². The maximum absolute atomic E-state index is 12.3. The summed E-state index contributed by atoms with van der Waals surface area (Å²) in [6.45, 7) is 1.88. The van der Waals surface area contributed by atoms with Crippen LogP contribution in [0.2, 0.25) is 0 Å². The summed E-state index contributed by atoms with van der Waals surface area (Å²) in [6.07, 6.45) is -4.39. The fourth-order valence-corrected chi connectivity index (χ4v) is 2.37. The zero-order chi connectivity index (χ0) is 13.2. The van der Waals surface area contributed by atoms with Gasteiger partial charge in [-0.2, -0.15) is 13.2 Å². The normalized spacial score (nSPS) is 11.9. The van der Waals surface area contributed by atoms with E-state index in [2.05, 4.69) is 12.6 Å². The third-order valence-electron chi connectivity index (χ3n) is 2.03. The van der Waals surface area contributed by atoms with Gasteiger partial charge >= 0.3 is 6.18 Å². The number of carbonyl (C=O) groups is 1. The van der Waals surface area contributed by atoms with E-state index < -0.39 is 24.7 Å². The Morgan fingerprint density at radius 3 is 2.47 bits per heavy atom. The van der Waals surface area contributed by atoms with Crippen molar-refractivity contribution in [3.63, 3.8) is 0 Å². The highest BCUT2D eigenvalue weighted by Crippen LogP contribution is 2.23. The maximum atomic E-state index is 12.3. The minimum Gasteiger partial charge on any atom is -0.326 e. The minimum atomic E-state index is -4.39. The van der Waals surface area contributed by atoms with Crippen molar-refractivity contribution >= 4 is 29.9 Å². The Bertz CT molecular complexity index is 401. The van der Waals surface area contributed by atoms with Gasteiger partial charge in [-0.25, -0.2) is 0 Å². The molecule has 0 atom stereocenters. The van der Waals surface area contributed by atoms with Gasteiger partial charge in [-0.3, -0.25) is 4.79 Å². The standard InChI is InChI=1S/C10H12F3NOS2/c1-6(2)14(5-10(11,12)13)9(15)8-3-7(16)4-17-8/h3-4,6,16H,5H2,1-2H3. The molecular weight excluding hydrogens is 271 g/mol. The van der Waals surface area contributed by atoms with Crippen molar-refractivity contribution in [2.24, 2.45) is 0 Å². The number of rotatable bonds is 3. The van der Waals surface area contributed by atoms with Gasteiger partial charge in [0.2, 0.25) is 0 Å². The van der Waals surface area contributed by atoms with E-state index in [1.54, 1.807) is 19.2 Å². The van der Waals surface area contributed by atoms with Gasteiger partial charge in [0.15, 0.2) is 0 Å². The summed E-state index contributed by atoms with van der Waals surface area (Å²) in [7, 11) is 0. The molecule has 0 fully saturated rings. The molecule has 1 aromatic heterocycles. The van der Waals surface area contributed by atoms with E-state index in [4.69, 9.17) is 0 Å². The number of amides is 1. The first-order valence-electron chi connectivity index (χ1n) is 4.86. The lowest BCUT2D eigenvalue weighted by atomic mass is 10.3. The van der Waals surface area contributed by atoms with Crippen LogP contribution in [-0.2, 0) is 0 Å². The molecule has 0 N–H and O–H groups in total. The number of hydrogen-bond donors (Lipinski definition) is 1. The van der Waals surface area contributed by atoms with Crippen molar-refractivity contribution < 1.29 is 18.0 Å². The quantitative estimate of drug-likeness (QED) is 0.842. The topological polar surface area (TPSA) is 20.3 Å². The van der Waals surface area contributed by atoms with Gasteiger partial charge < -0.3 is 4.90 Å². The molecule has 0 unspecified atom stereocenters. The van der Waals surface area contributed by atoms with Gasteiger partial charge in [0.25, 0.3) is 5.91 Å². The van der Waals surface area contributed by atoms with Crippen LogP contribution < -0.4 is 0 Å². The van der Waals surface area contributed by atoms with Gasteiger partial charge in [0.05, 0.1) is 4.88 Å². The van der Waals surface area contributed by atoms with Crippen LogP contribution in [0, 0.1) is 0 Å². The summed E-state index contributed by atoms with van der Waals surface area (Å²) in [6, 6.07) is 0.969. The molecule has 17 heavy (non-hydrogen) atoms. The zero-order valence-corrected chi connectivity index (χ0v) is 11.0. The van der Waals surface area contributed by atoms with Crippen LogP contribution in [-0.4, -0.2) is 29.6 Å². The highest BCUT2D eigenvalue weighted by Gasteiger charge is 2.34. The van der Waals surface area contributed by atoms with E-state index in [1.807, 2.05) is 0 Å². The third-order valence-corrected chi connectivity index (χ3v) is 3.38. The number of thiophene rings is 1. The average molecular weight is 283 g/mol. The summed E-state index contributed by atoms with van der Waals surface area (Å²) < 4.78 is 37.0. The molecule has 1 amide bonds. The van der Waals surface area contributed by atoms with Gasteiger partial charge in [-0.15, -0.1) is 24.0 Å². The molecule has 0 aliphatic heterocycles. The predicted molar refractivity (Wildman–Crippen MR) is 63.8 cm³/mol.